The molecular formula is C16H18O4S. The molecule has 21 heavy (non-hydrogen) atoms. The SMILES string of the molecule is COC(=O)c1cc(Oc2cc(C)cs2)cc(OC(C)C)c1. The number of carbonyl (C=O) groups excluding carboxylic acids is 1. The van der Waals surface area contributed by atoms with Gasteiger partial charge in [-0.1, -0.05) is 0 Å². The highest BCUT2D eigenvalue weighted by molar-refractivity contribution is 7.12. The maximum absolute atomic E-state index is 11.7. The third-order valence-electron chi connectivity index (χ3n) is 2.60. The molecule has 0 N–H and O–H groups in total. The minimum Gasteiger partial charge on any atom is -0.491 e. The molecule has 0 fully saturated rings. The number of benzene rings is 1. The van der Waals surface area contributed by atoms with Crippen LogP contribution in [-0.4, -0.2) is 19.2 Å². The third-order valence-corrected chi connectivity index (χ3v) is 3.52. The van der Waals surface area contributed by atoms with Crippen LogP contribution in [0.5, 0.6) is 16.6 Å². The Kier molecular flexibility index (Phi) is 4.85. The number of esters is 1. The molecule has 5 heteroatoms. The number of aryl methyl sites for hydroxylation is 1. The molecule has 0 saturated carbocycles. The number of hydrogen-bond donors (Lipinski definition) is 0. The summed E-state index contributed by atoms with van der Waals surface area (Å²) >= 11 is 1.50. The van der Waals surface area contributed by atoms with Crippen molar-refractivity contribution in [3.63, 3.8) is 0 Å². The number of carbonyl (C=O) groups is 1. The van der Waals surface area contributed by atoms with Crippen LogP contribution in [0.2, 0.25) is 0 Å². The average Bonchev–Trinajstić information content (AvgIpc) is 2.82. The van der Waals surface area contributed by atoms with Crippen LogP contribution in [0.25, 0.3) is 0 Å². The minimum atomic E-state index is -0.420. The van der Waals surface area contributed by atoms with Crippen LogP contribution in [0.15, 0.2) is 29.6 Å². The van der Waals surface area contributed by atoms with E-state index in [9.17, 15) is 4.79 Å². The lowest BCUT2D eigenvalue weighted by Crippen LogP contribution is -2.07. The molecule has 112 valence electrons. The average molecular weight is 306 g/mol. The summed E-state index contributed by atoms with van der Waals surface area (Å²) in [5.74, 6) is 0.711. The Morgan fingerprint density at radius 1 is 1.14 bits per heavy atom. The molecule has 2 aromatic rings. The van der Waals surface area contributed by atoms with Gasteiger partial charge in [0.1, 0.15) is 11.5 Å². The summed E-state index contributed by atoms with van der Waals surface area (Å²) in [6.07, 6.45) is 0.00901. The third kappa shape index (κ3) is 4.23. The van der Waals surface area contributed by atoms with E-state index in [-0.39, 0.29) is 6.10 Å². The Balaban J connectivity index is 2.32. The lowest BCUT2D eigenvalue weighted by molar-refractivity contribution is 0.0599. The minimum absolute atomic E-state index is 0.00901. The van der Waals surface area contributed by atoms with Gasteiger partial charge >= 0.3 is 5.97 Å². The summed E-state index contributed by atoms with van der Waals surface area (Å²) in [5.41, 5.74) is 1.54. The summed E-state index contributed by atoms with van der Waals surface area (Å²) in [6, 6.07) is 7.01. The van der Waals surface area contributed by atoms with Gasteiger partial charge in [0, 0.05) is 6.07 Å². The summed E-state index contributed by atoms with van der Waals surface area (Å²) < 4.78 is 16.2. The van der Waals surface area contributed by atoms with Gasteiger partial charge in [-0.15, -0.1) is 11.3 Å². The van der Waals surface area contributed by atoms with E-state index in [4.69, 9.17) is 14.2 Å². The first-order valence-electron chi connectivity index (χ1n) is 6.61. The molecule has 0 spiro atoms. The van der Waals surface area contributed by atoms with Crippen LogP contribution in [-0.2, 0) is 4.74 Å². The first-order valence-corrected chi connectivity index (χ1v) is 7.49. The Morgan fingerprint density at radius 3 is 2.43 bits per heavy atom. The molecule has 0 saturated heterocycles. The van der Waals surface area contributed by atoms with Gasteiger partial charge in [0.05, 0.1) is 18.8 Å². The van der Waals surface area contributed by atoms with Crippen molar-refractivity contribution < 1.29 is 19.0 Å². The standard InChI is InChI=1S/C16H18O4S/c1-10(2)19-13-6-12(16(17)18-4)7-14(8-13)20-15-5-11(3)9-21-15/h5-10H,1-4H3. The van der Waals surface area contributed by atoms with Crippen LogP contribution in [0.4, 0.5) is 0 Å². The molecule has 1 aromatic carbocycles. The van der Waals surface area contributed by atoms with Crippen molar-refractivity contribution in [2.75, 3.05) is 7.11 Å². The normalized spacial score (nSPS) is 10.5. The molecule has 1 heterocycles. The summed E-state index contributed by atoms with van der Waals surface area (Å²) in [4.78, 5) is 11.7. The van der Waals surface area contributed by atoms with Gasteiger partial charge in [-0.05, 0) is 49.9 Å². The van der Waals surface area contributed by atoms with Gasteiger partial charge in [-0.25, -0.2) is 4.79 Å². The first-order chi connectivity index (χ1) is 9.97. The molecular weight excluding hydrogens is 288 g/mol. The van der Waals surface area contributed by atoms with Crippen LogP contribution in [0.3, 0.4) is 0 Å². The van der Waals surface area contributed by atoms with E-state index in [1.807, 2.05) is 32.2 Å². The van der Waals surface area contributed by atoms with Crippen LogP contribution >= 0.6 is 11.3 Å². The predicted molar refractivity (Wildman–Crippen MR) is 82.7 cm³/mol. The zero-order valence-electron chi connectivity index (χ0n) is 12.5. The van der Waals surface area contributed by atoms with Gasteiger partial charge in [-0.3, -0.25) is 0 Å². The molecule has 0 aliphatic heterocycles. The van der Waals surface area contributed by atoms with Crippen molar-refractivity contribution in [3.8, 4) is 16.6 Å². The van der Waals surface area contributed by atoms with Crippen LogP contribution in [0, 0.1) is 6.92 Å². The summed E-state index contributed by atoms with van der Waals surface area (Å²) in [5, 5.41) is 2.77. The van der Waals surface area contributed by atoms with Crippen molar-refractivity contribution in [2.24, 2.45) is 0 Å². The van der Waals surface area contributed by atoms with Crippen molar-refractivity contribution in [1.82, 2.24) is 0 Å². The summed E-state index contributed by atoms with van der Waals surface area (Å²) in [6.45, 7) is 5.85. The number of ether oxygens (including phenoxy) is 3. The smallest absolute Gasteiger partial charge is 0.338 e. The van der Waals surface area contributed by atoms with Crippen molar-refractivity contribution in [1.29, 1.82) is 0 Å². The molecule has 0 atom stereocenters. The molecule has 0 aliphatic rings. The summed E-state index contributed by atoms with van der Waals surface area (Å²) in [7, 11) is 1.35. The molecule has 0 bridgehead atoms. The number of hydrogen-bond acceptors (Lipinski definition) is 5. The molecule has 4 nitrogen and oxygen atoms in total. The lowest BCUT2D eigenvalue weighted by atomic mass is 10.2. The predicted octanol–water partition coefficient (Wildman–Crippen LogP) is 4.42. The second kappa shape index (κ2) is 6.63. The molecule has 0 unspecified atom stereocenters. The fraction of sp³-hybridized carbons (Fsp3) is 0.312. The van der Waals surface area contributed by atoms with Crippen LogP contribution in [0.1, 0.15) is 29.8 Å². The van der Waals surface area contributed by atoms with E-state index in [1.54, 1.807) is 18.2 Å². The Bertz CT molecular complexity index is 631. The number of thiophene rings is 1. The Morgan fingerprint density at radius 2 is 1.86 bits per heavy atom. The molecule has 2 rings (SSSR count). The van der Waals surface area contributed by atoms with Gasteiger partial charge in [0.25, 0.3) is 0 Å². The van der Waals surface area contributed by atoms with E-state index in [1.165, 1.54) is 18.4 Å². The highest BCUT2D eigenvalue weighted by Crippen LogP contribution is 2.32. The zero-order valence-corrected chi connectivity index (χ0v) is 13.3. The lowest BCUT2D eigenvalue weighted by Gasteiger charge is -2.13. The highest BCUT2D eigenvalue weighted by Gasteiger charge is 2.12. The first kappa shape index (κ1) is 15.4. The fourth-order valence-corrected chi connectivity index (χ4v) is 2.55. The van der Waals surface area contributed by atoms with Crippen LogP contribution < -0.4 is 9.47 Å². The van der Waals surface area contributed by atoms with Crippen molar-refractivity contribution >= 4 is 17.3 Å². The van der Waals surface area contributed by atoms with E-state index in [0.717, 1.165) is 10.6 Å². The molecule has 0 radical (unpaired) electrons. The Labute approximate surface area is 128 Å². The molecule has 0 amide bonds. The quantitative estimate of drug-likeness (QED) is 0.767. The Hall–Kier alpha value is -2.01. The largest absolute Gasteiger partial charge is 0.491 e. The zero-order chi connectivity index (χ0) is 15.4. The van der Waals surface area contributed by atoms with E-state index >= 15 is 0 Å². The van der Waals surface area contributed by atoms with E-state index in [0.29, 0.717) is 17.1 Å². The van der Waals surface area contributed by atoms with Gasteiger partial charge in [0.2, 0.25) is 0 Å². The number of rotatable bonds is 5. The number of methoxy groups -OCH3 is 1. The van der Waals surface area contributed by atoms with Gasteiger partial charge in [-0.2, -0.15) is 0 Å². The second-order valence-corrected chi connectivity index (χ2v) is 5.77. The molecule has 1 aromatic heterocycles. The maximum Gasteiger partial charge on any atom is 0.338 e. The molecule has 0 aliphatic carbocycles. The second-order valence-electron chi connectivity index (χ2n) is 4.90. The van der Waals surface area contributed by atoms with Gasteiger partial charge < -0.3 is 14.2 Å². The maximum atomic E-state index is 11.7. The topological polar surface area (TPSA) is 44.8 Å². The fourth-order valence-electron chi connectivity index (χ4n) is 1.78. The highest BCUT2D eigenvalue weighted by atomic mass is 32.1. The monoisotopic (exact) mass is 306 g/mol. The van der Waals surface area contributed by atoms with Crippen molar-refractivity contribution in [3.05, 3.63) is 40.8 Å². The van der Waals surface area contributed by atoms with E-state index in [2.05, 4.69) is 0 Å². The van der Waals surface area contributed by atoms with Gasteiger partial charge in [0.15, 0.2) is 5.06 Å². The van der Waals surface area contributed by atoms with Crippen molar-refractivity contribution in [2.45, 2.75) is 26.9 Å². The van der Waals surface area contributed by atoms with E-state index < -0.39 is 5.97 Å².